The molecule has 1 fully saturated rings. The molecule has 1 aliphatic heterocycles. The highest BCUT2D eigenvalue weighted by molar-refractivity contribution is 6.30. The number of carbonyl (C=O) groups excluding carboxylic acids is 1. The van der Waals surface area contributed by atoms with Crippen molar-refractivity contribution in [2.75, 3.05) is 31.1 Å². The van der Waals surface area contributed by atoms with Gasteiger partial charge >= 0.3 is 0 Å². The van der Waals surface area contributed by atoms with E-state index in [2.05, 4.69) is 23.1 Å². The number of amides is 1. The van der Waals surface area contributed by atoms with Crippen molar-refractivity contribution in [3.63, 3.8) is 0 Å². The van der Waals surface area contributed by atoms with Gasteiger partial charge in [0.25, 0.3) is 5.91 Å². The number of halogens is 1. The summed E-state index contributed by atoms with van der Waals surface area (Å²) in [5.41, 5.74) is 4.40. The van der Waals surface area contributed by atoms with Crippen LogP contribution in [0.1, 0.15) is 10.6 Å². The molecule has 174 valence electrons. The molecule has 6 rings (SSSR count). The van der Waals surface area contributed by atoms with Crippen molar-refractivity contribution in [3.05, 3.63) is 95.9 Å². The Morgan fingerprint density at radius 1 is 0.829 bits per heavy atom. The molecule has 5 aromatic rings. The Labute approximate surface area is 207 Å². The lowest BCUT2D eigenvalue weighted by molar-refractivity contribution is 0.0714. The van der Waals surface area contributed by atoms with Crippen LogP contribution in [0.15, 0.2) is 89.5 Å². The van der Waals surface area contributed by atoms with Crippen LogP contribution in [0.2, 0.25) is 5.02 Å². The highest BCUT2D eigenvalue weighted by Gasteiger charge is 2.26. The van der Waals surface area contributed by atoms with Gasteiger partial charge in [0.1, 0.15) is 5.82 Å². The SMILES string of the molecule is O=C(c1ccco1)N1CCN(c2cc(-c3ccccc3)nc3cc(-c4cccc(Cl)c4)nn23)CC1. The predicted molar refractivity (Wildman–Crippen MR) is 136 cm³/mol. The molecule has 35 heavy (non-hydrogen) atoms. The summed E-state index contributed by atoms with van der Waals surface area (Å²) in [6.45, 7) is 2.52. The summed E-state index contributed by atoms with van der Waals surface area (Å²) in [6, 6.07) is 25.3. The fraction of sp³-hybridized carbons (Fsp3) is 0.148. The second-order valence-electron chi connectivity index (χ2n) is 8.43. The van der Waals surface area contributed by atoms with Gasteiger partial charge < -0.3 is 14.2 Å². The van der Waals surface area contributed by atoms with Gasteiger partial charge in [0.15, 0.2) is 11.4 Å². The third-order valence-corrected chi connectivity index (χ3v) is 6.46. The quantitative estimate of drug-likeness (QED) is 0.348. The van der Waals surface area contributed by atoms with Gasteiger partial charge in [-0.05, 0) is 24.3 Å². The molecule has 0 aliphatic carbocycles. The lowest BCUT2D eigenvalue weighted by Crippen LogP contribution is -2.49. The largest absolute Gasteiger partial charge is 0.459 e. The average molecular weight is 484 g/mol. The van der Waals surface area contributed by atoms with E-state index in [1.54, 1.807) is 12.1 Å². The molecule has 1 saturated heterocycles. The van der Waals surface area contributed by atoms with Crippen LogP contribution in [0, 0.1) is 0 Å². The molecule has 4 heterocycles. The van der Waals surface area contributed by atoms with Crippen LogP contribution in [0.25, 0.3) is 28.2 Å². The maximum Gasteiger partial charge on any atom is 0.289 e. The number of furan rings is 1. The molecule has 0 radical (unpaired) electrons. The van der Waals surface area contributed by atoms with Crippen molar-refractivity contribution in [1.29, 1.82) is 0 Å². The van der Waals surface area contributed by atoms with Crippen LogP contribution in [-0.2, 0) is 0 Å². The fourth-order valence-electron chi connectivity index (χ4n) is 4.42. The number of benzene rings is 2. The predicted octanol–water partition coefficient (Wildman–Crippen LogP) is 5.27. The molecule has 0 bridgehead atoms. The van der Waals surface area contributed by atoms with Gasteiger partial charge in [0.05, 0.1) is 17.7 Å². The molecule has 0 N–H and O–H groups in total. The molecular formula is C27H22ClN5O2. The van der Waals surface area contributed by atoms with E-state index in [1.165, 1.54) is 6.26 Å². The monoisotopic (exact) mass is 483 g/mol. The third kappa shape index (κ3) is 4.15. The van der Waals surface area contributed by atoms with Gasteiger partial charge in [0, 0.05) is 54.5 Å². The summed E-state index contributed by atoms with van der Waals surface area (Å²) in [5, 5.41) is 5.55. The smallest absolute Gasteiger partial charge is 0.289 e. The number of hydrogen-bond donors (Lipinski definition) is 0. The summed E-state index contributed by atoms with van der Waals surface area (Å²) in [5.74, 6) is 1.23. The van der Waals surface area contributed by atoms with Gasteiger partial charge in [-0.2, -0.15) is 9.61 Å². The Hall–Kier alpha value is -4.10. The number of rotatable bonds is 4. The Morgan fingerprint density at radius 3 is 2.37 bits per heavy atom. The first-order valence-electron chi connectivity index (χ1n) is 11.5. The topological polar surface area (TPSA) is 66.9 Å². The van der Waals surface area contributed by atoms with Crippen molar-refractivity contribution in [2.45, 2.75) is 0 Å². The summed E-state index contributed by atoms with van der Waals surface area (Å²) in [4.78, 5) is 21.7. The van der Waals surface area contributed by atoms with Gasteiger partial charge in [-0.1, -0.05) is 54.1 Å². The lowest BCUT2D eigenvalue weighted by atomic mass is 10.1. The fourth-order valence-corrected chi connectivity index (χ4v) is 4.61. The van der Waals surface area contributed by atoms with Gasteiger partial charge in [-0.25, -0.2) is 4.98 Å². The van der Waals surface area contributed by atoms with Gasteiger partial charge in [-0.15, -0.1) is 0 Å². The molecule has 7 nitrogen and oxygen atoms in total. The average Bonchev–Trinajstić information content (AvgIpc) is 3.59. The minimum atomic E-state index is -0.0816. The van der Waals surface area contributed by atoms with Crippen LogP contribution in [0.4, 0.5) is 5.82 Å². The number of hydrogen-bond acceptors (Lipinski definition) is 5. The third-order valence-electron chi connectivity index (χ3n) is 6.22. The Balaban J connectivity index is 1.37. The van der Waals surface area contributed by atoms with E-state index < -0.39 is 0 Å². The van der Waals surface area contributed by atoms with E-state index in [1.807, 2.05) is 57.9 Å². The van der Waals surface area contributed by atoms with Crippen molar-refractivity contribution in [2.24, 2.45) is 0 Å². The molecule has 3 aromatic heterocycles. The summed E-state index contributed by atoms with van der Waals surface area (Å²) >= 11 is 6.23. The second kappa shape index (κ2) is 8.92. The number of aromatic nitrogens is 3. The maximum atomic E-state index is 12.7. The van der Waals surface area contributed by atoms with Crippen molar-refractivity contribution in [1.82, 2.24) is 19.5 Å². The zero-order valence-electron chi connectivity index (χ0n) is 18.8. The zero-order valence-corrected chi connectivity index (χ0v) is 19.6. The first-order chi connectivity index (χ1) is 17.2. The minimum Gasteiger partial charge on any atom is -0.459 e. The van der Waals surface area contributed by atoms with Crippen LogP contribution >= 0.6 is 11.6 Å². The highest BCUT2D eigenvalue weighted by Crippen LogP contribution is 2.29. The Kier molecular flexibility index (Phi) is 5.47. The molecule has 8 heteroatoms. The molecule has 1 aliphatic rings. The zero-order chi connectivity index (χ0) is 23.8. The van der Waals surface area contributed by atoms with E-state index in [0.29, 0.717) is 37.0 Å². The van der Waals surface area contributed by atoms with Crippen molar-refractivity contribution >= 4 is 29.0 Å². The van der Waals surface area contributed by atoms with Crippen LogP contribution in [0.5, 0.6) is 0 Å². The summed E-state index contributed by atoms with van der Waals surface area (Å²) in [7, 11) is 0. The molecule has 0 spiro atoms. The number of carbonyl (C=O) groups is 1. The molecule has 2 aromatic carbocycles. The normalized spacial score (nSPS) is 14.0. The second-order valence-corrected chi connectivity index (χ2v) is 8.87. The number of fused-ring (bicyclic) bond motifs is 1. The van der Waals surface area contributed by atoms with E-state index in [-0.39, 0.29) is 5.91 Å². The lowest BCUT2D eigenvalue weighted by Gasteiger charge is -2.35. The van der Waals surface area contributed by atoms with E-state index >= 15 is 0 Å². The summed E-state index contributed by atoms with van der Waals surface area (Å²) in [6.07, 6.45) is 1.53. The standard InChI is InChI=1S/C27H22ClN5O2/c28-21-9-4-8-20(16-21)23-17-25-29-22(19-6-2-1-3-7-19)18-26(33(25)30-23)31-11-13-32(14-12-31)27(34)24-10-5-15-35-24/h1-10,15-18H,11-14H2. The highest BCUT2D eigenvalue weighted by atomic mass is 35.5. The van der Waals surface area contributed by atoms with Gasteiger partial charge in [0.2, 0.25) is 0 Å². The maximum absolute atomic E-state index is 12.7. The molecule has 0 atom stereocenters. The van der Waals surface area contributed by atoms with Crippen LogP contribution in [-0.4, -0.2) is 51.6 Å². The van der Waals surface area contributed by atoms with Crippen LogP contribution < -0.4 is 4.90 Å². The first-order valence-corrected chi connectivity index (χ1v) is 11.8. The van der Waals surface area contributed by atoms with E-state index in [4.69, 9.17) is 26.1 Å². The summed E-state index contributed by atoms with van der Waals surface area (Å²) < 4.78 is 7.18. The van der Waals surface area contributed by atoms with Gasteiger partial charge in [-0.3, -0.25) is 4.79 Å². The minimum absolute atomic E-state index is 0.0816. The first kappa shape index (κ1) is 21.4. The van der Waals surface area contributed by atoms with Crippen molar-refractivity contribution < 1.29 is 9.21 Å². The molecule has 1 amide bonds. The molecular weight excluding hydrogens is 462 g/mol. The number of piperazine rings is 1. The molecule has 0 saturated carbocycles. The number of nitrogens with zero attached hydrogens (tertiary/aromatic N) is 5. The van der Waals surface area contributed by atoms with E-state index in [0.717, 1.165) is 34.0 Å². The Morgan fingerprint density at radius 2 is 1.63 bits per heavy atom. The number of anilines is 1. The molecule has 0 unspecified atom stereocenters. The van der Waals surface area contributed by atoms with Crippen molar-refractivity contribution in [3.8, 4) is 22.5 Å². The van der Waals surface area contributed by atoms with E-state index in [9.17, 15) is 4.79 Å². The van der Waals surface area contributed by atoms with Crippen LogP contribution in [0.3, 0.4) is 0 Å². The Bertz CT molecular complexity index is 1490.